The highest BCUT2D eigenvalue weighted by molar-refractivity contribution is 7.71. The molecule has 15 heavy (non-hydrogen) atoms. The van der Waals surface area contributed by atoms with Gasteiger partial charge in [-0.2, -0.15) is 5.26 Å². The summed E-state index contributed by atoms with van der Waals surface area (Å²) >= 11 is 5.16. The summed E-state index contributed by atoms with van der Waals surface area (Å²) in [6.45, 7) is 1.95. The van der Waals surface area contributed by atoms with Gasteiger partial charge >= 0.3 is 0 Å². The van der Waals surface area contributed by atoms with Crippen LogP contribution in [0.15, 0.2) is 30.5 Å². The predicted octanol–water partition coefficient (Wildman–Crippen LogP) is 2.71. The summed E-state index contributed by atoms with van der Waals surface area (Å²) in [5.41, 5.74) is 2.63. The first-order valence-corrected chi connectivity index (χ1v) is 4.90. The molecule has 0 unspecified atom stereocenters. The Hall–Kier alpha value is -1.86. The smallest absolute Gasteiger partial charge is 0.181 e. The first-order valence-electron chi connectivity index (χ1n) is 4.49. The predicted molar refractivity (Wildman–Crippen MR) is 60.4 cm³/mol. The van der Waals surface area contributed by atoms with Crippen LogP contribution >= 0.6 is 12.2 Å². The topological polar surface area (TPSA) is 44.5 Å². The Morgan fingerprint density at radius 3 is 2.47 bits per heavy atom. The maximum absolute atomic E-state index is 8.67. The van der Waals surface area contributed by atoms with E-state index in [1.165, 1.54) is 0 Å². The van der Waals surface area contributed by atoms with Crippen LogP contribution in [0.2, 0.25) is 0 Å². The van der Waals surface area contributed by atoms with Crippen LogP contribution < -0.4 is 0 Å². The largest absolute Gasteiger partial charge is 0.335 e. The standard InChI is InChI=1S/C11H9N3S/c1-8-7-14(11(15)13-8)10-4-2-9(6-12)3-5-10/h2-5,7H,1H3,(H,13,15). The van der Waals surface area contributed by atoms with E-state index in [9.17, 15) is 0 Å². The van der Waals surface area contributed by atoms with E-state index >= 15 is 0 Å². The number of aromatic nitrogens is 2. The summed E-state index contributed by atoms with van der Waals surface area (Å²) in [5.74, 6) is 0. The lowest BCUT2D eigenvalue weighted by Gasteiger charge is -2.00. The molecule has 0 fully saturated rings. The van der Waals surface area contributed by atoms with Crippen molar-refractivity contribution in [2.45, 2.75) is 6.92 Å². The van der Waals surface area contributed by atoms with E-state index in [0.717, 1.165) is 11.4 Å². The minimum atomic E-state index is 0.650. The molecule has 0 amide bonds. The third-order valence-corrected chi connectivity index (χ3v) is 2.42. The first-order chi connectivity index (χ1) is 7.20. The van der Waals surface area contributed by atoms with Crippen LogP contribution in [0.4, 0.5) is 0 Å². The number of nitrogens with zero attached hydrogens (tertiary/aromatic N) is 2. The second-order valence-corrected chi connectivity index (χ2v) is 3.66. The average molecular weight is 215 g/mol. The van der Waals surface area contributed by atoms with Gasteiger partial charge in [0.15, 0.2) is 4.77 Å². The molecule has 3 nitrogen and oxygen atoms in total. The van der Waals surface area contributed by atoms with Crippen LogP contribution in [-0.4, -0.2) is 9.55 Å². The van der Waals surface area contributed by atoms with Crippen molar-refractivity contribution in [3.63, 3.8) is 0 Å². The minimum absolute atomic E-state index is 0.650. The van der Waals surface area contributed by atoms with Gasteiger partial charge in [0.05, 0.1) is 11.6 Å². The lowest BCUT2D eigenvalue weighted by atomic mass is 10.2. The van der Waals surface area contributed by atoms with Crippen LogP contribution in [0.25, 0.3) is 5.69 Å². The summed E-state index contributed by atoms with van der Waals surface area (Å²) in [6, 6.07) is 9.39. The Kier molecular flexibility index (Phi) is 2.40. The lowest BCUT2D eigenvalue weighted by Crippen LogP contribution is -1.91. The number of nitrogens with one attached hydrogen (secondary N) is 1. The molecule has 74 valence electrons. The van der Waals surface area contributed by atoms with Gasteiger partial charge in [0.2, 0.25) is 0 Å². The number of nitriles is 1. The van der Waals surface area contributed by atoms with Crippen LogP contribution in [0, 0.1) is 23.0 Å². The Morgan fingerprint density at radius 1 is 1.33 bits per heavy atom. The molecule has 4 heteroatoms. The molecule has 0 atom stereocenters. The monoisotopic (exact) mass is 215 g/mol. The Labute approximate surface area is 92.6 Å². The number of hydrogen-bond acceptors (Lipinski definition) is 2. The third-order valence-electron chi connectivity index (χ3n) is 2.12. The molecule has 1 aromatic heterocycles. The van der Waals surface area contributed by atoms with Crippen molar-refractivity contribution in [3.8, 4) is 11.8 Å². The normalized spacial score (nSPS) is 9.87. The van der Waals surface area contributed by atoms with E-state index < -0.39 is 0 Å². The highest BCUT2D eigenvalue weighted by atomic mass is 32.1. The van der Waals surface area contributed by atoms with Gasteiger partial charge in [0, 0.05) is 17.6 Å². The molecule has 0 aliphatic carbocycles. The zero-order valence-corrected chi connectivity index (χ0v) is 9.01. The number of rotatable bonds is 1. The van der Waals surface area contributed by atoms with Gasteiger partial charge in [-0.25, -0.2) is 0 Å². The van der Waals surface area contributed by atoms with E-state index in [1.807, 2.05) is 29.8 Å². The van der Waals surface area contributed by atoms with E-state index in [1.54, 1.807) is 12.1 Å². The fourth-order valence-electron chi connectivity index (χ4n) is 1.40. The average Bonchev–Trinajstić information content (AvgIpc) is 2.58. The highest BCUT2D eigenvalue weighted by Crippen LogP contribution is 2.11. The number of aromatic amines is 1. The second-order valence-electron chi connectivity index (χ2n) is 3.27. The van der Waals surface area contributed by atoms with Crippen LogP contribution in [0.5, 0.6) is 0 Å². The molecule has 2 aromatic rings. The van der Waals surface area contributed by atoms with Crippen molar-refractivity contribution in [2.75, 3.05) is 0 Å². The fraction of sp³-hybridized carbons (Fsp3) is 0.0909. The van der Waals surface area contributed by atoms with Crippen LogP contribution in [0.1, 0.15) is 11.3 Å². The van der Waals surface area contributed by atoms with Crippen molar-refractivity contribution < 1.29 is 0 Å². The molecule has 1 aromatic carbocycles. The van der Waals surface area contributed by atoms with E-state index in [2.05, 4.69) is 11.1 Å². The Balaban J connectivity index is 2.51. The SMILES string of the molecule is Cc1cn(-c2ccc(C#N)cc2)c(=S)[nH]1. The van der Waals surface area contributed by atoms with Gasteiger partial charge in [-0.3, -0.25) is 4.57 Å². The summed E-state index contributed by atoms with van der Waals surface area (Å²) in [6.07, 6.45) is 1.93. The number of benzene rings is 1. The van der Waals surface area contributed by atoms with Gasteiger partial charge in [-0.1, -0.05) is 0 Å². The number of H-pyrrole nitrogens is 1. The zero-order valence-electron chi connectivity index (χ0n) is 8.19. The molecule has 0 saturated heterocycles. The van der Waals surface area contributed by atoms with Gasteiger partial charge < -0.3 is 4.98 Å². The van der Waals surface area contributed by atoms with Crippen LogP contribution in [-0.2, 0) is 0 Å². The van der Waals surface area contributed by atoms with E-state index in [0.29, 0.717) is 10.3 Å². The molecule has 0 spiro atoms. The van der Waals surface area contributed by atoms with E-state index in [4.69, 9.17) is 17.5 Å². The summed E-state index contributed by atoms with van der Waals surface area (Å²) < 4.78 is 2.54. The lowest BCUT2D eigenvalue weighted by molar-refractivity contribution is 1.03. The maximum Gasteiger partial charge on any atom is 0.181 e. The molecular formula is C11H9N3S. The minimum Gasteiger partial charge on any atom is -0.335 e. The zero-order chi connectivity index (χ0) is 10.8. The molecule has 0 aliphatic rings. The molecular weight excluding hydrogens is 206 g/mol. The van der Waals surface area contributed by atoms with Gasteiger partial charge in [0.25, 0.3) is 0 Å². The second kappa shape index (κ2) is 3.71. The quantitative estimate of drug-likeness (QED) is 0.743. The van der Waals surface area contributed by atoms with Crippen LogP contribution in [0.3, 0.4) is 0 Å². The van der Waals surface area contributed by atoms with E-state index in [-0.39, 0.29) is 0 Å². The number of hydrogen-bond donors (Lipinski definition) is 1. The van der Waals surface area contributed by atoms with Crippen molar-refractivity contribution in [1.29, 1.82) is 5.26 Å². The summed E-state index contributed by atoms with van der Waals surface area (Å²) in [4.78, 5) is 3.05. The van der Waals surface area contributed by atoms with Crippen molar-refractivity contribution in [2.24, 2.45) is 0 Å². The molecule has 1 N–H and O–H groups in total. The van der Waals surface area contributed by atoms with Gasteiger partial charge in [0.1, 0.15) is 0 Å². The summed E-state index contributed by atoms with van der Waals surface area (Å²) in [7, 11) is 0. The molecule has 1 heterocycles. The molecule has 2 rings (SSSR count). The maximum atomic E-state index is 8.67. The molecule has 0 bridgehead atoms. The van der Waals surface area contributed by atoms with Crippen molar-refractivity contribution in [3.05, 3.63) is 46.5 Å². The van der Waals surface area contributed by atoms with Crippen molar-refractivity contribution >= 4 is 12.2 Å². The summed E-state index contributed by atoms with van der Waals surface area (Å²) in [5, 5.41) is 8.67. The molecule has 0 saturated carbocycles. The first kappa shape index (κ1) is 9.69. The Morgan fingerprint density at radius 2 is 2.00 bits per heavy atom. The Bertz CT molecular complexity index is 569. The number of aryl methyl sites for hydroxylation is 1. The fourth-order valence-corrected chi connectivity index (χ4v) is 1.72. The third kappa shape index (κ3) is 1.83. The van der Waals surface area contributed by atoms with Gasteiger partial charge in [-0.05, 0) is 43.4 Å². The molecule has 0 aliphatic heterocycles. The highest BCUT2D eigenvalue weighted by Gasteiger charge is 1.99. The molecule has 0 radical (unpaired) electrons. The number of imidazole rings is 1. The van der Waals surface area contributed by atoms with Crippen molar-refractivity contribution in [1.82, 2.24) is 9.55 Å². The van der Waals surface area contributed by atoms with Gasteiger partial charge in [-0.15, -0.1) is 0 Å².